The van der Waals surface area contributed by atoms with Gasteiger partial charge in [-0.3, -0.25) is 4.79 Å². The summed E-state index contributed by atoms with van der Waals surface area (Å²) < 4.78 is 0. The molecule has 17 heavy (non-hydrogen) atoms. The third-order valence-electron chi connectivity index (χ3n) is 2.80. The van der Waals surface area contributed by atoms with Crippen LogP contribution in [0.1, 0.15) is 25.0 Å². The summed E-state index contributed by atoms with van der Waals surface area (Å²) in [5.74, 6) is 0.0733. The standard InChI is InChI=1S/C14H18N2O/c1-9(2)16-13(17)7-11-8-15-12-6-4-5-10(3)14(11)12/h4-6,8-9,15H,7H2,1-3H3,(H,16,17). The molecule has 2 aromatic rings. The lowest BCUT2D eigenvalue weighted by Gasteiger charge is -2.08. The van der Waals surface area contributed by atoms with Gasteiger partial charge in [-0.05, 0) is 38.0 Å². The van der Waals surface area contributed by atoms with Crippen molar-refractivity contribution >= 4 is 16.8 Å². The molecule has 0 atom stereocenters. The van der Waals surface area contributed by atoms with Crippen LogP contribution in [-0.4, -0.2) is 16.9 Å². The summed E-state index contributed by atoms with van der Waals surface area (Å²) in [6.45, 7) is 6.01. The van der Waals surface area contributed by atoms with Gasteiger partial charge in [-0.15, -0.1) is 0 Å². The van der Waals surface area contributed by atoms with Gasteiger partial charge in [0, 0.05) is 23.1 Å². The first-order chi connectivity index (χ1) is 8.08. The van der Waals surface area contributed by atoms with Crippen LogP contribution in [-0.2, 0) is 11.2 Å². The number of carbonyl (C=O) groups is 1. The van der Waals surface area contributed by atoms with Gasteiger partial charge in [0.1, 0.15) is 0 Å². The number of aryl methyl sites for hydroxylation is 1. The summed E-state index contributed by atoms with van der Waals surface area (Å²) in [7, 11) is 0. The molecule has 1 aromatic carbocycles. The van der Waals surface area contributed by atoms with E-state index in [1.165, 1.54) is 10.9 Å². The van der Waals surface area contributed by atoms with Gasteiger partial charge in [-0.2, -0.15) is 0 Å². The Bertz CT molecular complexity index is 540. The Morgan fingerprint density at radius 2 is 2.18 bits per heavy atom. The molecule has 0 aliphatic heterocycles. The van der Waals surface area contributed by atoms with Crippen molar-refractivity contribution in [2.75, 3.05) is 0 Å². The van der Waals surface area contributed by atoms with Crippen LogP contribution in [0.15, 0.2) is 24.4 Å². The Kier molecular flexibility index (Phi) is 3.18. The Morgan fingerprint density at radius 3 is 2.88 bits per heavy atom. The van der Waals surface area contributed by atoms with Gasteiger partial charge in [0.25, 0.3) is 0 Å². The molecule has 0 spiro atoms. The number of fused-ring (bicyclic) bond motifs is 1. The van der Waals surface area contributed by atoms with Crippen molar-refractivity contribution < 1.29 is 4.79 Å². The lowest BCUT2D eigenvalue weighted by atomic mass is 10.1. The second kappa shape index (κ2) is 4.62. The fourth-order valence-electron chi connectivity index (χ4n) is 2.14. The highest BCUT2D eigenvalue weighted by molar-refractivity contribution is 5.91. The number of amides is 1. The summed E-state index contributed by atoms with van der Waals surface area (Å²) in [6, 6.07) is 6.31. The average Bonchev–Trinajstić information content (AvgIpc) is 2.61. The third kappa shape index (κ3) is 2.49. The minimum absolute atomic E-state index is 0.0733. The monoisotopic (exact) mass is 230 g/mol. The quantitative estimate of drug-likeness (QED) is 0.836. The van der Waals surface area contributed by atoms with Crippen molar-refractivity contribution in [1.29, 1.82) is 0 Å². The summed E-state index contributed by atoms with van der Waals surface area (Å²) in [4.78, 5) is 15.0. The largest absolute Gasteiger partial charge is 0.361 e. The van der Waals surface area contributed by atoms with Gasteiger partial charge < -0.3 is 10.3 Å². The first-order valence-corrected chi connectivity index (χ1v) is 5.93. The van der Waals surface area contributed by atoms with E-state index in [1.807, 2.05) is 32.2 Å². The van der Waals surface area contributed by atoms with E-state index < -0.39 is 0 Å². The highest BCUT2D eigenvalue weighted by atomic mass is 16.1. The Morgan fingerprint density at radius 1 is 1.41 bits per heavy atom. The average molecular weight is 230 g/mol. The molecule has 0 unspecified atom stereocenters. The van der Waals surface area contributed by atoms with Crippen LogP contribution in [0, 0.1) is 6.92 Å². The van der Waals surface area contributed by atoms with E-state index in [2.05, 4.69) is 23.3 Å². The fourth-order valence-corrected chi connectivity index (χ4v) is 2.14. The first kappa shape index (κ1) is 11.7. The van der Waals surface area contributed by atoms with Crippen LogP contribution >= 0.6 is 0 Å². The van der Waals surface area contributed by atoms with Crippen molar-refractivity contribution in [3.8, 4) is 0 Å². The van der Waals surface area contributed by atoms with E-state index in [-0.39, 0.29) is 11.9 Å². The minimum atomic E-state index is 0.0733. The van der Waals surface area contributed by atoms with Crippen molar-refractivity contribution in [3.63, 3.8) is 0 Å². The molecule has 0 saturated carbocycles. The van der Waals surface area contributed by atoms with Crippen LogP contribution < -0.4 is 5.32 Å². The number of aromatic amines is 1. The zero-order valence-electron chi connectivity index (χ0n) is 10.5. The van der Waals surface area contributed by atoms with Crippen molar-refractivity contribution in [2.45, 2.75) is 33.2 Å². The molecule has 3 heteroatoms. The molecule has 0 aliphatic rings. The zero-order valence-corrected chi connectivity index (χ0v) is 10.5. The van der Waals surface area contributed by atoms with Crippen LogP contribution in [0.25, 0.3) is 10.9 Å². The molecule has 1 amide bonds. The van der Waals surface area contributed by atoms with Crippen LogP contribution in [0.3, 0.4) is 0 Å². The molecule has 90 valence electrons. The Balaban J connectivity index is 2.28. The Labute approximate surface area is 101 Å². The van der Waals surface area contributed by atoms with Crippen molar-refractivity contribution in [1.82, 2.24) is 10.3 Å². The molecule has 0 fully saturated rings. The molecular weight excluding hydrogens is 212 g/mol. The predicted octanol–water partition coefficient (Wildman–Crippen LogP) is 2.54. The minimum Gasteiger partial charge on any atom is -0.361 e. The van der Waals surface area contributed by atoms with E-state index in [0.717, 1.165) is 11.1 Å². The number of H-pyrrole nitrogens is 1. The summed E-state index contributed by atoms with van der Waals surface area (Å²) in [6.07, 6.45) is 2.36. The van der Waals surface area contributed by atoms with Crippen molar-refractivity contribution in [2.24, 2.45) is 0 Å². The normalized spacial score (nSPS) is 11.1. The lowest BCUT2D eigenvalue weighted by molar-refractivity contribution is -0.120. The molecular formula is C14H18N2O. The molecule has 0 saturated heterocycles. The van der Waals surface area contributed by atoms with E-state index in [1.54, 1.807) is 0 Å². The SMILES string of the molecule is Cc1cccc2[nH]cc(CC(=O)NC(C)C)c12. The second-order valence-electron chi connectivity index (χ2n) is 4.71. The first-order valence-electron chi connectivity index (χ1n) is 5.93. The number of aromatic nitrogens is 1. The van der Waals surface area contributed by atoms with Gasteiger partial charge in [0.05, 0.1) is 6.42 Å². The molecule has 0 aliphatic carbocycles. The van der Waals surface area contributed by atoms with Crippen LogP contribution in [0.5, 0.6) is 0 Å². The number of nitrogens with one attached hydrogen (secondary N) is 2. The van der Waals surface area contributed by atoms with Gasteiger partial charge in [-0.1, -0.05) is 12.1 Å². The number of benzene rings is 1. The van der Waals surface area contributed by atoms with E-state index in [4.69, 9.17) is 0 Å². The van der Waals surface area contributed by atoms with Crippen LogP contribution in [0.2, 0.25) is 0 Å². The number of hydrogen-bond acceptors (Lipinski definition) is 1. The van der Waals surface area contributed by atoms with Gasteiger partial charge in [0.15, 0.2) is 0 Å². The van der Waals surface area contributed by atoms with Crippen LogP contribution in [0.4, 0.5) is 0 Å². The van der Waals surface area contributed by atoms with Gasteiger partial charge in [-0.25, -0.2) is 0 Å². The Hall–Kier alpha value is -1.77. The molecule has 0 bridgehead atoms. The maximum absolute atomic E-state index is 11.8. The third-order valence-corrected chi connectivity index (χ3v) is 2.80. The van der Waals surface area contributed by atoms with E-state index >= 15 is 0 Å². The molecule has 3 nitrogen and oxygen atoms in total. The highest BCUT2D eigenvalue weighted by Gasteiger charge is 2.10. The second-order valence-corrected chi connectivity index (χ2v) is 4.71. The highest BCUT2D eigenvalue weighted by Crippen LogP contribution is 2.22. The molecule has 0 radical (unpaired) electrons. The number of hydrogen-bond donors (Lipinski definition) is 2. The topological polar surface area (TPSA) is 44.9 Å². The number of carbonyl (C=O) groups excluding carboxylic acids is 1. The fraction of sp³-hybridized carbons (Fsp3) is 0.357. The molecule has 2 rings (SSSR count). The van der Waals surface area contributed by atoms with Gasteiger partial charge in [0.2, 0.25) is 5.91 Å². The maximum atomic E-state index is 11.8. The van der Waals surface area contributed by atoms with Gasteiger partial charge >= 0.3 is 0 Å². The molecule has 1 heterocycles. The lowest BCUT2D eigenvalue weighted by Crippen LogP contribution is -2.31. The smallest absolute Gasteiger partial charge is 0.224 e. The zero-order chi connectivity index (χ0) is 12.4. The predicted molar refractivity (Wildman–Crippen MR) is 70.0 cm³/mol. The van der Waals surface area contributed by atoms with E-state index in [9.17, 15) is 4.79 Å². The molecule has 2 N–H and O–H groups in total. The summed E-state index contributed by atoms with van der Waals surface area (Å²) in [5, 5.41) is 4.08. The van der Waals surface area contributed by atoms with E-state index in [0.29, 0.717) is 6.42 Å². The maximum Gasteiger partial charge on any atom is 0.224 e. The summed E-state index contributed by atoms with van der Waals surface area (Å²) >= 11 is 0. The summed E-state index contributed by atoms with van der Waals surface area (Å²) in [5.41, 5.74) is 3.37. The molecule has 1 aromatic heterocycles. The number of rotatable bonds is 3. The van der Waals surface area contributed by atoms with Crippen molar-refractivity contribution in [3.05, 3.63) is 35.5 Å².